The molecule has 0 fully saturated rings. The smallest absolute Gasteiger partial charge is 0.254 e. The first kappa shape index (κ1) is 15.9. The Balaban J connectivity index is 1.62. The molecule has 24 heavy (non-hydrogen) atoms. The standard InChI is InChI=1S/C16H12ClFN4O2/c17-13-6-11(3-4-14(13)18)22-16-20-7-10(8-21-16)15(23)19-9-12-2-1-5-24-12/h1-8H,9H2,(H,19,23)(H,20,21,22). The fourth-order valence-electron chi connectivity index (χ4n) is 1.90. The van der Waals surface area contributed by atoms with E-state index < -0.39 is 5.82 Å². The minimum Gasteiger partial charge on any atom is -0.467 e. The highest BCUT2D eigenvalue weighted by molar-refractivity contribution is 6.31. The number of furan rings is 1. The summed E-state index contributed by atoms with van der Waals surface area (Å²) in [5.41, 5.74) is 0.848. The Morgan fingerprint density at radius 3 is 2.71 bits per heavy atom. The van der Waals surface area contributed by atoms with E-state index in [1.165, 1.54) is 36.9 Å². The van der Waals surface area contributed by atoms with E-state index in [4.69, 9.17) is 16.0 Å². The first-order chi connectivity index (χ1) is 11.6. The van der Waals surface area contributed by atoms with Gasteiger partial charge in [0.15, 0.2) is 0 Å². The lowest BCUT2D eigenvalue weighted by Gasteiger charge is -2.06. The first-order valence-electron chi connectivity index (χ1n) is 6.96. The van der Waals surface area contributed by atoms with Crippen LogP contribution in [0.25, 0.3) is 0 Å². The van der Waals surface area contributed by atoms with Crippen molar-refractivity contribution in [2.24, 2.45) is 0 Å². The molecular weight excluding hydrogens is 335 g/mol. The number of amides is 1. The largest absolute Gasteiger partial charge is 0.467 e. The summed E-state index contributed by atoms with van der Waals surface area (Å²) in [5.74, 6) is 0.0884. The zero-order chi connectivity index (χ0) is 16.9. The van der Waals surface area contributed by atoms with Crippen LogP contribution in [0.3, 0.4) is 0 Å². The Labute approximate surface area is 141 Å². The van der Waals surface area contributed by atoms with Gasteiger partial charge < -0.3 is 15.1 Å². The molecule has 0 spiro atoms. The lowest BCUT2D eigenvalue weighted by Crippen LogP contribution is -2.22. The van der Waals surface area contributed by atoms with E-state index in [0.717, 1.165) is 0 Å². The van der Waals surface area contributed by atoms with Crippen LogP contribution in [0, 0.1) is 5.82 Å². The van der Waals surface area contributed by atoms with Crippen LogP contribution in [0.15, 0.2) is 53.4 Å². The Hall–Kier alpha value is -2.93. The molecular formula is C16H12ClFN4O2. The van der Waals surface area contributed by atoms with Crippen LogP contribution < -0.4 is 10.6 Å². The molecule has 0 aliphatic carbocycles. The van der Waals surface area contributed by atoms with Crippen molar-refractivity contribution in [1.82, 2.24) is 15.3 Å². The average molecular weight is 347 g/mol. The summed E-state index contributed by atoms with van der Waals surface area (Å²) in [6, 6.07) is 7.67. The molecule has 6 nitrogen and oxygen atoms in total. The van der Waals surface area contributed by atoms with Gasteiger partial charge in [0.1, 0.15) is 11.6 Å². The highest BCUT2D eigenvalue weighted by atomic mass is 35.5. The van der Waals surface area contributed by atoms with Crippen molar-refractivity contribution in [3.63, 3.8) is 0 Å². The Morgan fingerprint density at radius 1 is 1.25 bits per heavy atom. The van der Waals surface area contributed by atoms with E-state index in [1.54, 1.807) is 12.1 Å². The van der Waals surface area contributed by atoms with Gasteiger partial charge in [-0.25, -0.2) is 14.4 Å². The summed E-state index contributed by atoms with van der Waals surface area (Å²) in [4.78, 5) is 20.1. The monoisotopic (exact) mass is 346 g/mol. The Morgan fingerprint density at radius 2 is 2.04 bits per heavy atom. The number of nitrogens with zero attached hydrogens (tertiary/aromatic N) is 2. The van der Waals surface area contributed by atoms with Gasteiger partial charge >= 0.3 is 0 Å². The van der Waals surface area contributed by atoms with E-state index in [9.17, 15) is 9.18 Å². The van der Waals surface area contributed by atoms with Crippen LogP contribution in [0.4, 0.5) is 16.0 Å². The second kappa shape index (κ2) is 7.10. The molecule has 2 heterocycles. The lowest BCUT2D eigenvalue weighted by atomic mass is 10.3. The minimum atomic E-state index is -0.508. The van der Waals surface area contributed by atoms with E-state index >= 15 is 0 Å². The molecule has 0 aliphatic heterocycles. The summed E-state index contributed by atoms with van der Waals surface area (Å²) in [6.45, 7) is 0.278. The number of nitrogens with one attached hydrogen (secondary N) is 2. The quantitative estimate of drug-likeness (QED) is 0.738. The third-order valence-corrected chi connectivity index (χ3v) is 3.38. The molecule has 0 aliphatic rings. The highest BCUT2D eigenvalue weighted by Gasteiger charge is 2.08. The number of carbonyl (C=O) groups excluding carboxylic acids is 1. The summed E-state index contributed by atoms with van der Waals surface area (Å²) in [7, 11) is 0. The summed E-state index contributed by atoms with van der Waals surface area (Å²) in [6.07, 6.45) is 4.31. The molecule has 0 saturated heterocycles. The molecule has 0 bridgehead atoms. The second-order valence-corrected chi connectivity index (χ2v) is 5.22. The number of carbonyl (C=O) groups is 1. The molecule has 3 aromatic rings. The number of hydrogen-bond donors (Lipinski definition) is 2. The van der Waals surface area contributed by atoms with E-state index in [1.807, 2.05) is 0 Å². The van der Waals surface area contributed by atoms with Crippen molar-refractivity contribution in [3.05, 3.63) is 71.2 Å². The Kier molecular flexibility index (Phi) is 4.72. The average Bonchev–Trinajstić information content (AvgIpc) is 3.10. The number of halogens is 2. The number of benzene rings is 1. The summed E-state index contributed by atoms with van der Waals surface area (Å²) >= 11 is 5.71. The molecule has 1 amide bonds. The van der Waals surface area contributed by atoms with Gasteiger partial charge in [-0.2, -0.15) is 0 Å². The van der Waals surface area contributed by atoms with Crippen molar-refractivity contribution in [2.45, 2.75) is 6.54 Å². The Bertz CT molecular complexity index is 838. The van der Waals surface area contributed by atoms with Crippen LogP contribution in [-0.2, 0) is 6.54 Å². The predicted molar refractivity (Wildman–Crippen MR) is 86.6 cm³/mol. The topological polar surface area (TPSA) is 80.0 Å². The van der Waals surface area contributed by atoms with Crippen LogP contribution >= 0.6 is 11.6 Å². The molecule has 8 heteroatoms. The lowest BCUT2D eigenvalue weighted by molar-refractivity contribution is 0.0947. The van der Waals surface area contributed by atoms with Gasteiger partial charge in [-0.05, 0) is 30.3 Å². The molecule has 0 radical (unpaired) electrons. The van der Waals surface area contributed by atoms with Crippen molar-refractivity contribution in [2.75, 3.05) is 5.32 Å². The van der Waals surface area contributed by atoms with E-state index in [2.05, 4.69) is 20.6 Å². The van der Waals surface area contributed by atoms with E-state index in [-0.39, 0.29) is 23.4 Å². The third-order valence-electron chi connectivity index (χ3n) is 3.09. The number of hydrogen-bond acceptors (Lipinski definition) is 5. The maximum absolute atomic E-state index is 13.1. The van der Waals surface area contributed by atoms with Crippen LogP contribution in [-0.4, -0.2) is 15.9 Å². The van der Waals surface area contributed by atoms with Crippen LogP contribution in [0.1, 0.15) is 16.1 Å². The number of rotatable bonds is 5. The van der Waals surface area contributed by atoms with Crippen LogP contribution in [0.5, 0.6) is 0 Å². The third kappa shape index (κ3) is 3.88. The zero-order valence-corrected chi connectivity index (χ0v) is 13.0. The molecule has 3 rings (SSSR count). The summed E-state index contributed by atoms with van der Waals surface area (Å²) in [5, 5.41) is 5.56. The zero-order valence-electron chi connectivity index (χ0n) is 12.3. The molecule has 0 atom stereocenters. The van der Waals surface area contributed by atoms with Gasteiger partial charge in [-0.1, -0.05) is 11.6 Å². The maximum Gasteiger partial charge on any atom is 0.254 e. The first-order valence-corrected chi connectivity index (χ1v) is 7.34. The maximum atomic E-state index is 13.1. The molecule has 122 valence electrons. The van der Waals surface area contributed by atoms with Gasteiger partial charge in [-0.3, -0.25) is 4.79 Å². The molecule has 2 aromatic heterocycles. The van der Waals surface area contributed by atoms with Gasteiger partial charge in [-0.15, -0.1) is 0 Å². The van der Waals surface area contributed by atoms with Gasteiger partial charge in [0, 0.05) is 18.1 Å². The fraction of sp³-hybridized carbons (Fsp3) is 0.0625. The normalized spacial score (nSPS) is 10.4. The molecule has 1 aromatic carbocycles. The van der Waals surface area contributed by atoms with Crippen LogP contribution in [0.2, 0.25) is 5.02 Å². The molecule has 0 saturated carbocycles. The van der Waals surface area contributed by atoms with Crippen molar-refractivity contribution in [1.29, 1.82) is 0 Å². The highest BCUT2D eigenvalue weighted by Crippen LogP contribution is 2.21. The number of aromatic nitrogens is 2. The minimum absolute atomic E-state index is 0.00563. The van der Waals surface area contributed by atoms with E-state index in [0.29, 0.717) is 17.0 Å². The van der Waals surface area contributed by atoms with Crippen molar-refractivity contribution < 1.29 is 13.6 Å². The predicted octanol–water partition coefficient (Wildman–Crippen LogP) is 3.54. The van der Waals surface area contributed by atoms with Crippen molar-refractivity contribution in [3.8, 4) is 0 Å². The molecule has 2 N–H and O–H groups in total. The second-order valence-electron chi connectivity index (χ2n) is 4.81. The van der Waals surface area contributed by atoms with Gasteiger partial charge in [0.2, 0.25) is 5.95 Å². The van der Waals surface area contributed by atoms with Gasteiger partial charge in [0.05, 0.1) is 23.4 Å². The molecule has 0 unspecified atom stereocenters. The SMILES string of the molecule is O=C(NCc1ccco1)c1cnc(Nc2ccc(F)c(Cl)c2)nc1. The summed E-state index contributed by atoms with van der Waals surface area (Å²) < 4.78 is 18.2. The number of anilines is 2. The van der Waals surface area contributed by atoms with Crippen molar-refractivity contribution >= 4 is 29.1 Å². The fourth-order valence-corrected chi connectivity index (χ4v) is 2.08. The van der Waals surface area contributed by atoms with Gasteiger partial charge in [0.25, 0.3) is 5.91 Å².